The number of rotatable bonds is 3. The highest BCUT2D eigenvalue weighted by molar-refractivity contribution is 6.00. The fraction of sp³-hybridized carbons (Fsp3) is 0.556. The van der Waals surface area contributed by atoms with Crippen LogP contribution >= 0.6 is 0 Å². The Kier molecular flexibility index (Phi) is 7.71. The van der Waals surface area contributed by atoms with Crippen molar-refractivity contribution in [1.29, 1.82) is 0 Å². The molecule has 248 valence electrons. The van der Waals surface area contributed by atoms with Gasteiger partial charge in [0.2, 0.25) is 5.91 Å². The second kappa shape index (κ2) is 11.9. The Balaban J connectivity index is 1.16. The Labute approximate surface area is 275 Å². The van der Waals surface area contributed by atoms with Crippen molar-refractivity contribution in [2.75, 3.05) is 33.4 Å². The zero-order valence-electron chi connectivity index (χ0n) is 27.7. The van der Waals surface area contributed by atoms with Crippen molar-refractivity contribution in [2.45, 2.75) is 83.0 Å². The lowest BCUT2D eigenvalue weighted by Gasteiger charge is -2.41. The molecule has 2 N–H and O–H groups in total. The summed E-state index contributed by atoms with van der Waals surface area (Å²) in [5.41, 5.74) is 4.71. The number of pyridine rings is 1. The Bertz CT molecular complexity index is 1860. The van der Waals surface area contributed by atoms with Gasteiger partial charge in [0.05, 0.1) is 48.8 Å². The molecule has 47 heavy (non-hydrogen) atoms. The molecule has 2 saturated heterocycles. The second-order valence-electron chi connectivity index (χ2n) is 14.0. The minimum absolute atomic E-state index is 0.0176. The SMILES string of the molecule is COc1cc(C(=O)N2CC[C@H]3OCCN[C@H]3C2)cc2nc(-c3cc4ccc5nc4n3CCCCCCC3(CC3)C(=O)N[C@@H]5C)n(C)c12. The summed E-state index contributed by atoms with van der Waals surface area (Å²) in [7, 11) is 3.65. The number of likely N-dealkylation sites (tertiary alicyclic amines) is 1. The van der Waals surface area contributed by atoms with Crippen LogP contribution in [0.15, 0.2) is 30.3 Å². The molecule has 8 rings (SSSR count). The van der Waals surface area contributed by atoms with E-state index >= 15 is 0 Å². The third-order valence-corrected chi connectivity index (χ3v) is 11.0. The lowest BCUT2D eigenvalue weighted by Crippen LogP contribution is -2.59. The van der Waals surface area contributed by atoms with Crippen LogP contribution in [0.1, 0.15) is 80.4 Å². The van der Waals surface area contributed by atoms with Gasteiger partial charge in [-0.2, -0.15) is 0 Å². The monoisotopic (exact) mass is 639 g/mol. The largest absolute Gasteiger partial charge is 0.494 e. The van der Waals surface area contributed by atoms with Crippen LogP contribution in [0.25, 0.3) is 33.6 Å². The molecule has 1 spiro atoms. The fourth-order valence-electron chi connectivity index (χ4n) is 8.01. The van der Waals surface area contributed by atoms with Crippen LogP contribution in [-0.4, -0.2) is 81.3 Å². The van der Waals surface area contributed by atoms with Crippen molar-refractivity contribution in [2.24, 2.45) is 12.5 Å². The number of nitrogens with zero attached hydrogens (tertiary/aromatic N) is 5. The van der Waals surface area contributed by atoms with Gasteiger partial charge >= 0.3 is 0 Å². The molecular formula is C36H45N7O4. The average molecular weight is 640 g/mol. The van der Waals surface area contributed by atoms with Crippen molar-refractivity contribution in [3.63, 3.8) is 0 Å². The Morgan fingerprint density at radius 1 is 1.06 bits per heavy atom. The molecule has 3 aliphatic heterocycles. The molecule has 1 aromatic carbocycles. The predicted octanol–water partition coefficient (Wildman–Crippen LogP) is 4.72. The quantitative estimate of drug-likeness (QED) is 0.333. The van der Waals surface area contributed by atoms with E-state index in [2.05, 4.69) is 31.9 Å². The smallest absolute Gasteiger partial charge is 0.254 e. The van der Waals surface area contributed by atoms with Crippen LogP contribution in [0.4, 0.5) is 0 Å². The number of morpholine rings is 1. The lowest BCUT2D eigenvalue weighted by molar-refractivity contribution is -0.127. The normalized spacial score (nSPS) is 24.7. The first kappa shape index (κ1) is 30.4. The maximum absolute atomic E-state index is 13.8. The number of aryl methyl sites for hydroxylation is 2. The third-order valence-electron chi connectivity index (χ3n) is 11.0. The zero-order valence-corrected chi connectivity index (χ0v) is 27.7. The van der Waals surface area contributed by atoms with E-state index in [4.69, 9.17) is 19.4 Å². The molecule has 0 radical (unpaired) electrons. The summed E-state index contributed by atoms with van der Waals surface area (Å²) < 4.78 is 16.2. The van der Waals surface area contributed by atoms with E-state index < -0.39 is 0 Å². The highest BCUT2D eigenvalue weighted by atomic mass is 16.5. The summed E-state index contributed by atoms with van der Waals surface area (Å²) in [5, 5.41) is 7.83. The molecule has 1 saturated carbocycles. The first-order valence-corrected chi connectivity index (χ1v) is 17.4. The molecule has 3 atom stereocenters. The second-order valence-corrected chi connectivity index (χ2v) is 14.0. The van der Waals surface area contributed by atoms with E-state index in [0.29, 0.717) is 24.4 Å². The van der Waals surface area contributed by atoms with Crippen LogP contribution in [0.5, 0.6) is 5.75 Å². The van der Waals surface area contributed by atoms with Gasteiger partial charge in [-0.1, -0.05) is 19.3 Å². The number of piperidine rings is 1. The highest BCUT2D eigenvalue weighted by Gasteiger charge is 2.49. The first-order chi connectivity index (χ1) is 22.8. The summed E-state index contributed by atoms with van der Waals surface area (Å²) >= 11 is 0. The van der Waals surface area contributed by atoms with Gasteiger partial charge in [-0.3, -0.25) is 9.59 Å². The first-order valence-electron chi connectivity index (χ1n) is 17.4. The summed E-state index contributed by atoms with van der Waals surface area (Å²) in [6.07, 6.45) is 8.23. The number of carbonyl (C=O) groups excluding carboxylic acids is 2. The van der Waals surface area contributed by atoms with Crippen molar-refractivity contribution in [3.05, 3.63) is 41.6 Å². The summed E-state index contributed by atoms with van der Waals surface area (Å²) in [6, 6.07) is 10.0. The minimum Gasteiger partial charge on any atom is -0.494 e. The Morgan fingerprint density at radius 2 is 1.91 bits per heavy atom. The van der Waals surface area contributed by atoms with E-state index in [1.54, 1.807) is 7.11 Å². The number of methoxy groups -OCH3 is 1. The number of fused-ring (bicyclic) bond motifs is 3. The van der Waals surface area contributed by atoms with Gasteiger partial charge in [-0.25, -0.2) is 9.97 Å². The van der Waals surface area contributed by atoms with E-state index in [-0.39, 0.29) is 35.4 Å². The van der Waals surface area contributed by atoms with Crippen molar-refractivity contribution in [3.8, 4) is 17.3 Å². The molecule has 0 unspecified atom stereocenters. The molecule has 4 aliphatic rings. The van der Waals surface area contributed by atoms with Gasteiger partial charge in [-0.05, 0) is 69.4 Å². The minimum atomic E-state index is -0.178. The number of carbonyl (C=O) groups is 2. The average Bonchev–Trinajstić information content (AvgIpc) is 3.70. The number of nitrogens with one attached hydrogen (secondary N) is 2. The standard InChI is InChI=1S/C36H45N7O4/c1-22-25-9-8-23-19-28(43(32(23)39-25)15-7-5-4-6-11-36(12-13-36)35(45)38-22)33-40-26-18-24(20-30(46-3)31(26)41(33)2)34(44)42-16-10-29-27(21-42)37-14-17-47-29/h8-9,18-20,22,27,29,37H,4-7,10-17,21H2,1-3H3,(H,38,45)/t22-,27+,29-/m1/s1. The van der Waals surface area contributed by atoms with Crippen molar-refractivity contribution < 1.29 is 19.1 Å². The van der Waals surface area contributed by atoms with Gasteiger partial charge in [0.15, 0.2) is 5.82 Å². The molecule has 11 nitrogen and oxygen atoms in total. The molecule has 4 aromatic rings. The number of benzene rings is 1. The van der Waals surface area contributed by atoms with Crippen molar-refractivity contribution >= 4 is 33.9 Å². The van der Waals surface area contributed by atoms with Gasteiger partial charge in [0.1, 0.15) is 16.9 Å². The van der Waals surface area contributed by atoms with Crippen molar-refractivity contribution in [1.82, 2.24) is 34.6 Å². The Morgan fingerprint density at radius 3 is 2.74 bits per heavy atom. The van der Waals surface area contributed by atoms with Crippen LogP contribution in [-0.2, 0) is 23.1 Å². The molecule has 2 bridgehead atoms. The molecule has 1 aliphatic carbocycles. The van der Waals surface area contributed by atoms with E-state index in [1.807, 2.05) is 37.1 Å². The summed E-state index contributed by atoms with van der Waals surface area (Å²) in [5.74, 6) is 1.58. The maximum Gasteiger partial charge on any atom is 0.254 e. The molecule has 3 fully saturated rings. The van der Waals surface area contributed by atoms with Gasteiger partial charge < -0.3 is 34.1 Å². The lowest BCUT2D eigenvalue weighted by atomic mass is 9.96. The van der Waals surface area contributed by atoms with E-state index in [9.17, 15) is 9.59 Å². The molecule has 11 heteroatoms. The number of imidazole rings is 1. The van der Waals surface area contributed by atoms with Gasteiger partial charge in [0, 0.05) is 49.6 Å². The molecule has 6 heterocycles. The number of ether oxygens (including phenoxy) is 2. The number of aromatic nitrogens is 4. The van der Waals surface area contributed by atoms with Gasteiger partial charge in [0.25, 0.3) is 5.91 Å². The van der Waals surface area contributed by atoms with Crippen LogP contribution in [0.3, 0.4) is 0 Å². The molecule has 3 aromatic heterocycles. The van der Waals surface area contributed by atoms with Crippen LogP contribution in [0, 0.1) is 5.41 Å². The maximum atomic E-state index is 13.8. The number of amides is 2. The topological polar surface area (TPSA) is 116 Å². The zero-order chi connectivity index (χ0) is 32.3. The highest BCUT2D eigenvalue weighted by Crippen LogP contribution is 2.50. The predicted molar refractivity (Wildman–Crippen MR) is 179 cm³/mol. The molecule has 2 amide bonds. The molecular weight excluding hydrogens is 594 g/mol. The third kappa shape index (κ3) is 5.37. The van der Waals surface area contributed by atoms with Crippen LogP contribution < -0.4 is 15.4 Å². The summed E-state index contributed by atoms with van der Waals surface area (Å²) in [6.45, 7) is 5.66. The summed E-state index contributed by atoms with van der Waals surface area (Å²) in [4.78, 5) is 39.2. The Hall–Kier alpha value is -3.96. The fourth-order valence-corrected chi connectivity index (χ4v) is 8.01. The van der Waals surface area contributed by atoms with E-state index in [1.165, 1.54) is 0 Å². The number of hydrogen-bond acceptors (Lipinski definition) is 7. The van der Waals surface area contributed by atoms with Crippen LogP contribution in [0.2, 0.25) is 0 Å². The van der Waals surface area contributed by atoms with E-state index in [0.717, 1.165) is 110 Å². The van der Waals surface area contributed by atoms with Gasteiger partial charge in [-0.15, -0.1) is 0 Å². The number of hydrogen-bond donors (Lipinski definition) is 2.